The van der Waals surface area contributed by atoms with E-state index in [1.807, 2.05) is 6.92 Å². The molecule has 5 heterocycles. The normalized spacial score (nSPS) is 25.0. The van der Waals surface area contributed by atoms with Crippen molar-refractivity contribution in [1.29, 1.82) is 0 Å². The lowest BCUT2D eigenvalue weighted by molar-refractivity contribution is -0.365. The smallest absolute Gasteiger partial charge is 0.310 e. The molecular weight excluding hydrogens is 1410 g/mol. The van der Waals surface area contributed by atoms with Crippen LogP contribution in [0.2, 0.25) is 0 Å². The second-order valence-corrected chi connectivity index (χ2v) is 28.2. The van der Waals surface area contributed by atoms with E-state index < -0.39 is 193 Å². The van der Waals surface area contributed by atoms with Crippen molar-refractivity contribution < 1.29 is 110 Å². The van der Waals surface area contributed by atoms with Crippen LogP contribution in [0.5, 0.6) is 28.7 Å². The number of phenols is 1. The van der Waals surface area contributed by atoms with Crippen molar-refractivity contribution in [2.75, 3.05) is 66.7 Å². The van der Waals surface area contributed by atoms with Crippen molar-refractivity contribution >= 4 is 82.8 Å². The number of carbonyl (C=O) groups is 11. The number of thioether (sulfide) groups is 1. The fraction of sp³-hybridized carbons (Fsp3) is 0.652. The summed E-state index contributed by atoms with van der Waals surface area (Å²) in [6.07, 6.45) is -8.66. The maximum atomic E-state index is 14.4. The molecule has 0 saturated carbocycles. The average molecular weight is 1510 g/mol. The molecule has 0 spiro atoms. The number of ether oxygens (including phenoxy) is 10. The van der Waals surface area contributed by atoms with Crippen LogP contribution in [0, 0.1) is 23.7 Å². The number of methoxy groups -OCH3 is 2. The number of hydrogen-bond donors (Lipinski definition) is 13. The van der Waals surface area contributed by atoms with Crippen LogP contribution in [-0.4, -0.2) is 231 Å². The summed E-state index contributed by atoms with van der Waals surface area (Å²) in [5.74, 6) is -11.7. The van der Waals surface area contributed by atoms with E-state index in [0.29, 0.717) is 60.4 Å². The van der Waals surface area contributed by atoms with Crippen LogP contribution in [0.15, 0.2) is 29.3 Å². The molecule has 0 bridgehead atoms. The molecule has 1 aliphatic carbocycles. The Morgan fingerprint density at radius 1 is 0.745 bits per heavy atom. The molecule has 2 aromatic rings. The predicted molar refractivity (Wildman–Crippen MR) is 376 cm³/mol. The number of unbranched alkanes of at least 4 members (excludes halogenated alkanes) is 1. The Bertz CT molecular complexity index is 3530. The second kappa shape index (κ2) is 38.1. The summed E-state index contributed by atoms with van der Waals surface area (Å²) >= 11 is 0.860. The molecule has 586 valence electrons. The number of nitrogens with zero attached hydrogens (tertiary/aromatic N) is 2. The quantitative estimate of drug-likeness (QED) is 0.0116. The van der Waals surface area contributed by atoms with Crippen molar-refractivity contribution in [3.63, 3.8) is 0 Å². The van der Waals surface area contributed by atoms with Crippen LogP contribution in [0.25, 0.3) is 0 Å². The number of hydrogen-bond acceptors (Lipinski definition) is 27. The zero-order valence-electron chi connectivity index (χ0n) is 60.7. The number of nitrogens with two attached hydrogens (primary N) is 5. The number of imide groups is 1. The van der Waals surface area contributed by atoms with E-state index in [-0.39, 0.29) is 93.5 Å². The number of aromatic hydroxyl groups is 1. The summed E-state index contributed by atoms with van der Waals surface area (Å²) in [5.41, 5.74) is 30.3. The van der Waals surface area contributed by atoms with Gasteiger partial charge < -0.3 is 118 Å². The molecule has 106 heavy (non-hydrogen) atoms. The van der Waals surface area contributed by atoms with Gasteiger partial charge >= 0.3 is 11.9 Å². The van der Waals surface area contributed by atoms with Gasteiger partial charge in [-0.3, -0.25) is 62.6 Å². The molecule has 37 heteroatoms. The van der Waals surface area contributed by atoms with Gasteiger partial charge in [0.1, 0.15) is 48.5 Å². The van der Waals surface area contributed by atoms with Crippen molar-refractivity contribution in [2.45, 2.75) is 196 Å². The predicted octanol–water partition coefficient (Wildman–Crippen LogP) is -1.82. The van der Waals surface area contributed by atoms with Gasteiger partial charge in [-0.15, -0.1) is 11.8 Å². The maximum absolute atomic E-state index is 14.4. The first-order valence-electron chi connectivity index (χ1n) is 35.6. The first-order valence-corrected chi connectivity index (χ1v) is 36.6. The number of cyclic esters (lactones) is 1. The van der Waals surface area contributed by atoms with E-state index in [9.17, 15) is 63.0 Å². The highest BCUT2D eigenvalue weighted by atomic mass is 32.2. The molecule has 0 aromatic heterocycles. The van der Waals surface area contributed by atoms with E-state index in [1.54, 1.807) is 52.0 Å². The number of aliphatic imine (C=N–C) groups is 1. The number of aliphatic hydroxyl groups excluding tert-OH is 1. The molecule has 2 aromatic carbocycles. The van der Waals surface area contributed by atoms with Crippen molar-refractivity contribution in [1.82, 2.24) is 36.8 Å². The fourth-order valence-electron chi connectivity index (χ4n) is 13.5. The number of rotatable bonds is 38. The average Bonchev–Trinajstić information content (AvgIpc) is 1.43. The number of amides is 9. The lowest BCUT2D eigenvalue weighted by Gasteiger charge is -2.48. The topological polar surface area (TPSA) is 538 Å². The number of carbonyl (C=O) groups excluding carboxylic acids is 11. The minimum atomic E-state index is -1.64. The molecule has 9 unspecified atom stereocenters. The largest absolute Gasteiger partial charge is 0.502 e. The Hall–Kier alpha value is -8.85. The van der Waals surface area contributed by atoms with Crippen LogP contribution in [0.1, 0.15) is 134 Å². The molecule has 9 amide bonds. The minimum absolute atomic E-state index is 0.0101. The lowest BCUT2D eigenvalue weighted by Crippen LogP contribution is -2.64. The highest BCUT2D eigenvalue weighted by Crippen LogP contribution is 2.57. The summed E-state index contributed by atoms with van der Waals surface area (Å²) in [6.45, 7) is 8.16. The number of likely N-dealkylation sites (tertiary alicyclic amines) is 1. The molecule has 0 radical (unpaired) electrons. The Balaban J connectivity index is 0.920. The summed E-state index contributed by atoms with van der Waals surface area (Å²) in [5, 5.41) is 37.8. The number of likely N-dealkylation sites (N-methyl/N-ethyl adjacent to an activating group) is 1. The maximum Gasteiger partial charge on any atom is 0.310 e. The van der Waals surface area contributed by atoms with Gasteiger partial charge in [0.25, 0.3) is 0 Å². The van der Waals surface area contributed by atoms with Crippen LogP contribution in [0.4, 0.5) is 0 Å². The molecule has 19 atom stereocenters. The van der Waals surface area contributed by atoms with Gasteiger partial charge in [-0.1, -0.05) is 40.5 Å². The highest BCUT2D eigenvalue weighted by molar-refractivity contribution is 8.00. The zero-order chi connectivity index (χ0) is 77.4. The minimum Gasteiger partial charge on any atom is -0.502 e. The van der Waals surface area contributed by atoms with Gasteiger partial charge in [0, 0.05) is 50.6 Å². The molecule has 6 aliphatic rings. The van der Waals surface area contributed by atoms with Gasteiger partial charge in [0.05, 0.1) is 57.2 Å². The number of primary amides is 1. The summed E-state index contributed by atoms with van der Waals surface area (Å²) < 4.78 is 59.4. The number of fused-ring (bicyclic) bond motifs is 4. The van der Waals surface area contributed by atoms with Gasteiger partial charge in [-0.25, -0.2) is 0 Å². The van der Waals surface area contributed by atoms with Gasteiger partial charge in [-0.2, -0.15) is 0 Å². The molecule has 18 N–H and O–H groups in total. The van der Waals surface area contributed by atoms with E-state index in [0.717, 1.165) is 16.7 Å². The van der Waals surface area contributed by atoms with Crippen LogP contribution >= 0.6 is 11.8 Å². The lowest BCUT2D eigenvalue weighted by atomic mass is 9.66. The SMILES string of the molecule is CCC(C)[C@H](NC(=O)[C@H](CCCCN)NC(=O)[C@@H](NC(=O)[C@H](CCC(N)=O)NC(=O)[C@H](CCCN=C(N)N)NC(=O)[C@@H](N)CSC1CC(=O)N(CCC(=O)OC2C(O[C@@H]3c4cc5c(cc4[C@@H](c4cc(OC)c(O)c(OC)c4)[C@H]4C(=O)OC[C@@H]43)OCO5)OC3COC(C)OC3C2O)C1=O)C(C)CC)C(=O)NC. The van der Waals surface area contributed by atoms with Crippen LogP contribution < -0.4 is 79.5 Å². The third-order valence-corrected chi connectivity index (χ3v) is 21.2. The first-order chi connectivity index (χ1) is 50.6. The van der Waals surface area contributed by atoms with Crippen molar-refractivity contribution in [3.05, 3.63) is 41.0 Å². The highest BCUT2D eigenvalue weighted by Gasteiger charge is 2.57. The molecule has 4 fully saturated rings. The Morgan fingerprint density at radius 2 is 1.34 bits per heavy atom. The number of benzene rings is 2. The molecular formula is C69H101N13O23S. The summed E-state index contributed by atoms with van der Waals surface area (Å²) in [6, 6.07) is -1.26. The number of esters is 2. The second-order valence-electron chi connectivity index (χ2n) is 27.0. The van der Waals surface area contributed by atoms with E-state index in [1.165, 1.54) is 21.3 Å². The standard InChI is InChI=1S/C69H101N13O23S/c1-9-31(3)53(64(92)75-6)80-62(90)39(14-11-12-19-70)79-65(93)54(32(4)10-2)81-63(91)41(16-17-48(72)83)78-61(89)40(15-13-20-76-69(73)74)77-60(88)38(71)29-106-47-26-49(84)82(66(47)94)21-18-50(85)104-59-56(87)58-46(28-98-33(5)102-58)103-68(59)105-57-36-25-43-42(100-30-101-43)24-35(36)51(52-37(57)27-99-67(52)95)34-22-44(96-7)55(86)45(23-34)97-8/h22-25,31-33,37-41,46-47,51-54,56-59,68,86-87H,9-21,26-30,70-71H2,1-8H3,(H2,72,83)(H,75,92)(H,77,88)(H,78,89)(H,79,93)(H,80,90)(H,81,91)(H4,73,74,76)/t31?,32?,33?,37-,38-,39-,40-,41-,46?,47?,51+,52-,53-,54-,56?,57+,58?,59?,68?/m0/s1. The number of aliphatic hydroxyl groups is 1. The van der Waals surface area contributed by atoms with Crippen LogP contribution in [0.3, 0.4) is 0 Å². The Labute approximate surface area is 617 Å². The number of phenolic OH excluding ortho intramolecular Hbond substituents is 1. The third-order valence-electron chi connectivity index (χ3n) is 19.8. The summed E-state index contributed by atoms with van der Waals surface area (Å²) in [4.78, 5) is 156. The van der Waals surface area contributed by atoms with Gasteiger partial charge in [0.2, 0.25) is 65.7 Å². The van der Waals surface area contributed by atoms with E-state index >= 15 is 0 Å². The number of nitrogens with one attached hydrogen (secondary N) is 6. The third kappa shape index (κ3) is 20.2. The molecule has 8 rings (SSSR count). The van der Waals surface area contributed by atoms with Crippen molar-refractivity contribution in [2.24, 2.45) is 57.3 Å². The summed E-state index contributed by atoms with van der Waals surface area (Å²) in [7, 11) is 4.17. The fourth-order valence-corrected chi connectivity index (χ4v) is 14.7. The molecule has 4 saturated heterocycles. The number of guanidine groups is 1. The van der Waals surface area contributed by atoms with Gasteiger partial charge in [0.15, 0.2) is 47.6 Å². The Kier molecular flexibility index (Phi) is 29.8. The first kappa shape index (κ1) is 82.8. The molecule has 5 aliphatic heterocycles. The Morgan fingerprint density at radius 3 is 1.94 bits per heavy atom. The van der Waals surface area contributed by atoms with E-state index in [2.05, 4.69) is 36.9 Å². The van der Waals surface area contributed by atoms with Crippen LogP contribution in [-0.2, 0) is 81.2 Å². The van der Waals surface area contributed by atoms with Crippen molar-refractivity contribution in [3.8, 4) is 28.7 Å². The zero-order valence-corrected chi connectivity index (χ0v) is 61.5. The van der Waals surface area contributed by atoms with Gasteiger partial charge in [-0.05, 0) is 105 Å². The van der Waals surface area contributed by atoms with E-state index in [4.69, 9.17) is 76.0 Å². The monoisotopic (exact) mass is 1510 g/mol. The molecule has 36 nitrogen and oxygen atoms in total.